The molecule has 0 aliphatic rings. The summed E-state index contributed by atoms with van der Waals surface area (Å²) in [6.45, 7) is 6.26. The number of phenols is 1. The van der Waals surface area contributed by atoms with Gasteiger partial charge in [-0.05, 0) is 39.0 Å². The highest BCUT2D eigenvalue weighted by Gasteiger charge is 2.17. The number of hydrogen-bond donors (Lipinski definition) is 3. The minimum absolute atomic E-state index is 0.0328. The molecular formula is C12H17BrN4O. The predicted octanol–water partition coefficient (Wildman–Crippen LogP) is 2.06. The zero-order valence-corrected chi connectivity index (χ0v) is 12.2. The molecular weight excluding hydrogens is 296 g/mol. The van der Waals surface area contributed by atoms with Crippen LogP contribution in [0.3, 0.4) is 0 Å². The molecule has 0 saturated carbocycles. The summed E-state index contributed by atoms with van der Waals surface area (Å²) in [7, 11) is 0. The molecule has 1 rings (SSSR count). The Balaban J connectivity index is 3.23. The van der Waals surface area contributed by atoms with Crippen molar-refractivity contribution >= 4 is 28.1 Å². The van der Waals surface area contributed by atoms with E-state index in [4.69, 9.17) is 11.5 Å². The number of nitrogens with two attached hydrogens (primary N) is 2. The molecule has 0 atom stereocenters. The van der Waals surface area contributed by atoms with E-state index >= 15 is 0 Å². The van der Waals surface area contributed by atoms with E-state index in [0.29, 0.717) is 10.0 Å². The van der Waals surface area contributed by atoms with Crippen molar-refractivity contribution in [2.75, 3.05) is 0 Å². The predicted molar refractivity (Wildman–Crippen MR) is 77.9 cm³/mol. The van der Waals surface area contributed by atoms with Gasteiger partial charge in [-0.1, -0.05) is 20.8 Å². The van der Waals surface area contributed by atoms with Gasteiger partial charge < -0.3 is 16.6 Å². The maximum Gasteiger partial charge on any atom is 0.211 e. The highest BCUT2D eigenvalue weighted by atomic mass is 79.9. The average molecular weight is 313 g/mol. The Bertz CT molecular complexity index is 500. The lowest BCUT2D eigenvalue weighted by atomic mass is 9.86. The first-order valence-electron chi connectivity index (χ1n) is 5.37. The summed E-state index contributed by atoms with van der Waals surface area (Å²) in [6, 6.07) is 3.74. The molecule has 0 spiro atoms. The van der Waals surface area contributed by atoms with Crippen molar-refractivity contribution in [1.29, 1.82) is 0 Å². The number of rotatable bonds is 2. The number of benzene rings is 1. The summed E-state index contributed by atoms with van der Waals surface area (Å²) in [5.74, 6) is -0.0191. The van der Waals surface area contributed by atoms with E-state index in [2.05, 4.69) is 46.9 Å². The van der Waals surface area contributed by atoms with Gasteiger partial charge in [-0.2, -0.15) is 5.10 Å². The van der Waals surface area contributed by atoms with E-state index in [1.54, 1.807) is 0 Å². The molecule has 0 aromatic heterocycles. The van der Waals surface area contributed by atoms with Gasteiger partial charge in [0.2, 0.25) is 5.96 Å². The van der Waals surface area contributed by atoms with Crippen LogP contribution in [-0.4, -0.2) is 17.3 Å². The van der Waals surface area contributed by atoms with Crippen molar-refractivity contribution in [1.82, 2.24) is 0 Å². The lowest BCUT2D eigenvalue weighted by molar-refractivity contribution is 0.469. The molecule has 5 N–H and O–H groups in total. The Kier molecular flexibility index (Phi) is 4.34. The fourth-order valence-corrected chi connectivity index (χ4v) is 1.79. The molecule has 98 valence electrons. The minimum atomic E-state index is -0.128. The molecule has 0 heterocycles. The van der Waals surface area contributed by atoms with Crippen LogP contribution in [0.15, 0.2) is 26.8 Å². The molecule has 0 bridgehead atoms. The van der Waals surface area contributed by atoms with Gasteiger partial charge in [0, 0.05) is 5.56 Å². The number of halogens is 1. The number of hydrogen-bond acceptors (Lipinski definition) is 3. The molecule has 0 saturated heterocycles. The van der Waals surface area contributed by atoms with Crippen LogP contribution in [0.5, 0.6) is 5.75 Å². The quantitative estimate of drug-likeness (QED) is 0.443. The number of phenolic OH excluding ortho intramolecular Hbond substituents is 1. The molecule has 0 fully saturated rings. The van der Waals surface area contributed by atoms with E-state index in [9.17, 15) is 5.11 Å². The smallest absolute Gasteiger partial charge is 0.211 e. The fraction of sp³-hybridized carbons (Fsp3) is 0.333. The third kappa shape index (κ3) is 3.73. The highest BCUT2D eigenvalue weighted by molar-refractivity contribution is 9.10. The molecule has 1 aromatic rings. The number of aromatic hydroxyl groups is 1. The fourth-order valence-electron chi connectivity index (χ4n) is 1.31. The molecule has 0 radical (unpaired) electrons. The number of nitrogens with zero attached hydrogens (tertiary/aromatic N) is 2. The van der Waals surface area contributed by atoms with Gasteiger partial charge >= 0.3 is 0 Å². The van der Waals surface area contributed by atoms with Gasteiger partial charge in [0.1, 0.15) is 5.75 Å². The molecule has 0 aliphatic heterocycles. The standard InChI is InChI=1S/C12H17BrN4O/c1-12(2,3)8-4-7(6-16-17-11(14)15)10(18)9(13)5-8/h4-6,18H,1-3H3,(H4,14,15,17). The van der Waals surface area contributed by atoms with Crippen LogP contribution < -0.4 is 11.5 Å². The average Bonchev–Trinajstić information content (AvgIpc) is 2.22. The Labute approximate surface area is 115 Å². The monoisotopic (exact) mass is 312 g/mol. The summed E-state index contributed by atoms with van der Waals surface area (Å²) in [6.07, 6.45) is 1.41. The van der Waals surface area contributed by atoms with E-state index in [0.717, 1.165) is 5.56 Å². The maximum atomic E-state index is 9.90. The lowest BCUT2D eigenvalue weighted by Crippen LogP contribution is -2.21. The van der Waals surface area contributed by atoms with Gasteiger partial charge in [0.25, 0.3) is 0 Å². The van der Waals surface area contributed by atoms with Crippen molar-refractivity contribution in [3.63, 3.8) is 0 Å². The van der Waals surface area contributed by atoms with Gasteiger partial charge in [-0.25, -0.2) is 0 Å². The van der Waals surface area contributed by atoms with Crippen molar-refractivity contribution in [2.24, 2.45) is 21.7 Å². The van der Waals surface area contributed by atoms with Crippen molar-refractivity contribution in [3.8, 4) is 5.75 Å². The summed E-state index contributed by atoms with van der Waals surface area (Å²) < 4.78 is 0.612. The summed E-state index contributed by atoms with van der Waals surface area (Å²) >= 11 is 3.31. The van der Waals surface area contributed by atoms with Crippen LogP contribution in [0.1, 0.15) is 31.9 Å². The van der Waals surface area contributed by atoms with E-state index in [1.807, 2.05) is 12.1 Å². The molecule has 18 heavy (non-hydrogen) atoms. The third-order valence-corrected chi connectivity index (χ3v) is 2.93. The minimum Gasteiger partial charge on any atom is -0.506 e. The van der Waals surface area contributed by atoms with E-state index in [1.165, 1.54) is 6.21 Å². The zero-order valence-electron chi connectivity index (χ0n) is 10.6. The van der Waals surface area contributed by atoms with Crippen LogP contribution in [0.4, 0.5) is 0 Å². The Morgan fingerprint density at radius 2 is 1.94 bits per heavy atom. The van der Waals surface area contributed by atoms with Crippen LogP contribution in [0, 0.1) is 0 Å². The van der Waals surface area contributed by atoms with Crippen LogP contribution in [0.2, 0.25) is 0 Å². The van der Waals surface area contributed by atoms with Gasteiger partial charge in [-0.3, -0.25) is 0 Å². The SMILES string of the molecule is CC(C)(C)c1cc(Br)c(O)c(C=NN=C(N)N)c1. The largest absolute Gasteiger partial charge is 0.506 e. The van der Waals surface area contributed by atoms with E-state index in [-0.39, 0.29) is 17.1 Å². The molecule has 5 nitrogen and oxygen atoms in total. The summed E-state index contributed by atoms with van der Waals surface area (Å²) in [4.78, 5) is 0. The third-order valence-electron chi connectivity index (χ3n) is 2.33. The van der Waals surface area contributed by atoms with Gasteiger partial charge in [0.15, 0.2) is 0 Å². The zero-order chi connectivity index (χ0) is 13.9. The topological polar surface area (TPSA) is 97.0 Å². The lowest BCUT2D eigenvalue weighted by Gasteiger charge is -2.20. The second-order valence-electron chi connectivity index (χ2n) is 4.92. The maximum absolute atomic E-state index is 9.90. The van der Waals surface area contributed by atoms with Gasteiger partial charge in [0.05, 0.1) is 10.7 Å². The summed E-state index contributed by atoms with van der Waals surface area (Å²) in [5.41, 5.74) is 11.9. The van der Waals surface area contributed by atoms with Crippen LogP contribution >= 0.6 is 15.9 Å². The molecule has 0 unspecified atom stereocenters. The summed E-state index contributed by atoms with van der Waals surface area (Å²) in [5, 5.41) is 17.1. The van der Waals surface area contributed by atoms with Crippen molar-refractivity contribution in [2.45, 2.75) is 26.2 Å². The Hall–Kier alpha value is -1.56. The molecule has 6 heteroatoms. The normalized spacial score (nSPS) is 11.8. The highest BCUT2D eigenvalue weighted by Crippen LogP contribution is 2.33. The Morgan fingerprint density at radius 1 is 1.33 bits per heavy atom. The van der Waals surface area contributed by atoms with E-state index < -0.39 is 0 Å². The molecule has 0 amide bonds. The van der Waals surface area contributed by atoms with Gasteiger partial charge in [-0.15, -0.1) is 5.10 Å². The number of guanidine groups is 1. The second-order valence-corrected chi connectivity index (χ2v) is 5.77. The van der Waals surface area contributed by atoms with Crippen molar-refractivity contribution < 1.29 is 5.11 Å². The van der Waals surface area contributed by atoms with Crippen LogP contribution in [0.25, 0.3) is 0 Å². The molecule has 0 aliphatic carbocycles. The first kappa shape index (κ1) is 14.5. The first-order chi connectivity index (χ1) is 8.21. The molecule has 1 aromatic carbocycles. The Morgan fingerprint density at radius 3 is 2.44 bits per heavy atom. The van der Waals surface area contributed by atoms with Crippen LogP contribution in [-0.2, 0) is 5.41 Å². The second kappa shape index (κ2) is 5.39. The van der Waals surface area contributed by atoms with Crippen molar-refractivity contribution in [3.05, 3.63) is 27.7 Å². The first-order valence-corrected chi connectivity index (χ1v) is 6.16.